The van der Waals surface area contributed by atoms with E-state index in [0.717, 1.165) is 64.6 Å². The Bertz CT molecular complexity index is 436. The molecule has 4 aliphatic rings. The van der Waals surface area contributed by atoms with Gasteiger partial charge in [0.2, 0.25) is 5.91 Å². The van der Waals surface area contributed by atoms with E-state index in [2.05, 4.69) is 9.80 Å². The molecular formula is C19H32N2O3. The van der Waals surface area contributed by atoms with Gasteiger partial charge in [0.15, 0.2) is 0 Å². The molecule has 136 valence electrons. The molecule has 5 nitrogen and oxygen atoms in total. The number of piperidine rings is 2. The maximum absolute atomic E-state index is 12.4. The Morgan fingerprint density at radius 2 is 1.83 bits per heavy atom. The number of carbonyl (C=O) groups excluding carboxylic acids is 1. The maximum Gasteiger partial charge on any atom is 0.222 e. The molecule has 0 N–H and O–H groups in total. The second-order valence-corrected chi connectivity index (χ2v) is 8.29. The van der Waals surface area contributed by atoms with E-state index >= 15 is 0 Å². The van der Waals surface area contributed by atoms with Crippen LogP contribution in [0.4, 0.5) is 0 Å². The second kappa shape index (κ2) is 7.30. The molecule has 1 spiro atoms. The van der Waals surface area contributed by atoms with Crippen LogP contribution in [-0.4, -0.2) is 73.9 Å². The van der Waals surface area contributed by atoms with Gasteiger partial charge in [-0.2, -0.15) is 0 Å². The first-order valence-electron chi connectivity index (χ1n) is 9.95. The van der Waals surface area contributed by atoms with Crippen molar-refractivity contribution in [2.24, 2.45) is 5.41 Å². The molecule has 4 saturated heterocycles. The van der Waals surface area contributed by atoms with Gasteiger partial charge >= 0.3 is 0 Å². The van der Waals surface area contributed by atoms with E-state index in [1.807, 2.05) is 0 Å². The number of nitrogens with zero attached hydrogens (tertiary/aromatic N) is 2. The molecule has 0 aliphatic carbocycles. The fourth-order valence-corrected chi connectivity index (χ4v) is 5.12. The smallest absolute Gasteiger partial charge is 0.222 e. The molecular weight excluding hydrogens is 304 g/mol. The summed E-state index contributed by atoms with van der Waals surface area (Å²) in [6.45, 7) is 6.92. The van der Waals surface area contributed by atoms with Crippen LogP contribution >= 0.6 is 0 Å². The second-order valence-electron chi connectivity index (χ2n) is 8.29. The van der Waals surface area contributed by atoms with E-state index in [9.17, 15) is 4.79 Å². The van der Waals surface area contributed by atoms with Gasteiger partial charge in [0, 0.05) is 45.4 Å². The Kier molecular flexibility index (Phi) is 5.11. The van der Waals surface area contributed by atoms with Crippen molar-refractivity contribution in [1.29, 1.82) is 0 Å². The Morgan fingerprint density at radius 1 is 1.04 bits per heavy atom. The van der Waals surface area contributed by atoms with E-state index in [0.29, 0.717) is 11.3 Å². The van der Waals surface area contributed by atoms with Crippen molar-refractivity contribution in [2.45, 2.75) is 63.5 Å². The average molecular weight is 336 g/mol. The predicted molar refractivity (Wildman–Crippen MR) is 91.9 cm³/mol. The van der Waals surface area contributed by atoms with Gasteiger partial charge in [-0.25, -0.2) is 0 Å². The van der Waals surface area contributed by atoms with Crippen molar-refractivity contribution in [2.75, 3.05) is 46.0 Å². The van der Waals surface area contributed by atoms with E-state index < -0.39 is 0 Å². The number of rotatable bonds is 3. The van der Waals surface area contributed by atoms with Crippen molar-refractivity contribution in [3.05, 3.63) is 0 Å². The van der Waals surface area contributed by atoms with Gasteiger partial charge in [-0.05, 0) is 63.5 Å². The summed E-state index contributed by atoms with van der Waals surface area (Å²) in [6.07, 6.45) is 9.27. The van der Waals surface area contributed by atoms with Crippen molar-refractivity contribution in [3.8, 4) is 0 Å². The highest BCUT2D eigenvalue weighted by atomic mass is 16.5. The van der Waals surface area contributed by atoms with Crippen LogP contribution in [0, 0.1) is 5.41 Å². The van der Waals surface area contributed by atoms with Crippen LogP contribution in [0.3, 0.4) is 0 Å². The zero-order valence-electron chi connectivity index (χ0n) is 14.9. The van der Waals surface area contributed by atoms with Crippen LogP contribution in [0.25, 0.3) is 0 Å². The van der Waals surface area contributed by atoms with Crippen molar-refractivity contribution >= 4 is 5.91 Å². The summed E-state index contributed by atoms with van der Waals surface area (Å²) in [5, 5.41) is 0. The van der Waals surface area contributed by atoms with Crippen molar-refractivity contribution < 1.29 is 14.3 Å². The zero-order chi connectivity index (χ0) is 16.4. The molecule has 4 rings (SSSR count). The maximum atomic E-state index is 12.4. The number of likely N-dealkylation sites (tertiary alicyclic amines) is 2. The summed E-state index contributed by atoms with van der Waals surface area (Å²) in [7, 11) is 0. The molecule has 0 radical (unpaired) electrons. The largest absolute Gasteiger partial charge is 0.381 e. The summed E-state index contributed by atoms with van der Waals surface area (Å²) >= 11 is 0. The molecule has 5 heteroatoms. The van der Waals surface area contributed by atoms with Crippen molar-refractivity contribution in [3.63, 3.8) is 0 Å². The number of ether oxygens (including phenoxy) is 2. The highest BCUT2D eigenvalue weighted by Crippen LogP contribution is 2.41. The zero-order valence-corrected chi connectivity index (χ0v) is 14.9. The van der Waals surface area contributed by atoms with E-state index in [-0.39, 0.29) is 6.10 Å². The minimum Gasteiger partial charge on any atom is -0.381 e. The monoisotopic (exact) mass is 336 g/mol. The molecule has 1 unspecified atom stereocenters. The molecule has 1 amide bonds. The first-order chi connectivity index (χ1) is 11.7. The van der Waals surface area contributed by atoms with Crippen molar-refractivity contribution in [1.82, 2.24) is 9.80 Å². The number of hydrogen-bond acceptors (Lipinski definition) is 4. The van der Waals surface area contributed by atoms with E-state index in [1.54, 1.807) is 0 Å². The standard InChI is InChI=1S/C19H32N2O3/c22-18-3-6-19(15-21(18)14-17-2-1-11-24-17)7-9-20(10-8-19)16-4-12-23-13-5-16/h16-17H,1-15H2. The highest BCUT2D eigenvalue weighted by Gasteiger charge is 2.42. The Balaban J connectivity index is 1.32. The van der Waals surface area contributed by atoms with Gasteiger partial charge < -0.3 is 19.3 Å². The number of carbonyl (C=O) groups is 1. The lowest BCUT2D eigenvalue weighted by molar-refractivity contribution is -0.141. The van der Waals surface area contributed by atoms with Gasteiger partial charge in [-0.1, -0.05) is 0 Å². The quantitative estimate of drug-likeness (QED) is 0.791. The summed E-state index contributed by atoms with van der Waals surface area (Å²) < 4.78 is 11.3. The Labute approximate surface area is 145 Å². The van der Waals surface area contributed by atoms with Crippen LogP contribution in [0.1, 0.15) is 51.4 Å². The summed E-state index contributed by atoms with van der Waals surface area (Å²) in [5.74, 6) is 0.350. The number of hydrogen-bond donors (Lipinski definition) is 0. The molecule has 1 atom stereocenters. The van der Waals surface area contributed by atoms with Gasteiger partial charge in [-0.15, -0.1) is 0 Å². The fourth-order valence-electron chi connectivity index (χ4n) is 5.12. The normalized spacial score (nSPS) is 32.6. The summed E-state index contributed by atoms with van der Waals surface area (Å²) in [5.41, 5.74) is 0.369. The topological polar surface area (TPSA) is 42.0 Å². The first-order valence-corrected chi connectivity index (χ1v) is 9.95. The van der Waals surface area contributed by atoms with Crippen LogP contribution in [0.5, 0.6) is 0 Å². The molecule has 0 aromatic heterocycles. The van der Waals surface area contributed by atoms with Crippen LogP contribution < -0.4 is 0 Å². The molecule has 0 aromatic carbocycles. The SMILES string of the molecule is O=C1CCC2(CCN(C3CCOCC3)CC2)CN1CC1CCCO1. The van der Waals surface area contributed by atoms with Crippen LogP contribution in [0.15, 0.2) is 0 Å². The third-order valence-corrected chi connectivity index (χ3v) is 6.76. The minimum atomic E-state index is 0.284. The van der Waals surface area contributed by atoms with Crippen LogP contribution in [-0.2, 0) is 14.3 Å². The average Bonchev–Trinajstić information content (AvgIpc) is 3.13. The van der Waals surface area contributed by atoms with E-state index in [4.69, 9.17) is 9.47 Å². The lowest BCUT2D eigenvalue weighted by Gasteiger charge is -2.49. The fraction of sp³-hybridized carbons (Fsp3) is 0.947. The molecule has 0 bridgehead atoms. The molecule has 0 aromatic rings. The first kappa shape index (κ1) is 16.8. The highest BCUT2D eigenvalue weighted by molar-refractivity contribution is 5.77. The van der Waals surface area contributed by atoms with Gasteiger partial charge in [0.05, 0.1) is 6.10 Å². The molecule has 4 aliphatic heterocycles. The summed E-state index contributed by atoms with van der Waals surface area (Å²) in [4.78, 5) is 17.2. The van der Waals surface area contributed by atoms with Gasteiger partial charge in [0.25, 0.3) is 0 Å². The Hall–Kier alpha value is -0.650. The van der Waals surface area contributed by atoms with Gasteiger partial charge in [-0.3, -0.25) is 4.79 Å². The summed E-state index contributed by atoms with van der Waals surface area (Å²) in [6, 6.07) is 0.726. The minimum absolute atomic E-state index is 0.284. The number of amides is 1. The third-order valence-electron chi connectivity index (χ3n) is 6.76. The molecule has 4 heterocycles. The van der Waals surface area contributed by atoms with E-state index in [1.165, 1.54) is 38.8 Å². The Morgan fingerprint density at radius 3 is 2.54 bits per heavy atom. The van der Waals surface area contributed by atoms with Crippen LogP contribution in [0.2, 0.25) is 0 Å². The third kappa shape index (κ3) is 3.63. The molecule has 0 saturated carbocycles. The van der Waals surface area contributed by atoms with Gasteiger partial charge in [0.1, 0.15) is 0 Å². The lowest BCUT2D eigenvalue weighted by atomic mass is 9.72. The molecule has 4 fully saturated rings. The lowest BCUT2D eigenvalue weighted by Crippen LogP contribution is -2.54. The molecule has 24 heavy (non-hydrogen) atoms. The predicted octanol–water partition coefficient (Wildman–Crippen LogP) is 2.05.